The van der Waals surface area contributed by atoms with Crippen LogP contribution < -0.4 is 5.73 Å². The van der Waals surface area contributed by atoms with E-state index in [2.05, 4.69) is 9.72 Å². The van der Waals surface area contributed by atoms with Gasteiger partial charge in [-0.2, -0.15) is 0 Å². The van der Waals surface area contributed by atoms with Crippen molar-refractivity contribution in [2.24, 2.45) is 5.73 Å². The first kappa shape index (κ1) is 9.21. The molecule has 2 rings (SSSR count). The van der Waals surface area contributed by atoms with Gasteiger partial charge in [0.05, 0.1) is 7.11 Å². The third-order valence-corrected chi connectivity index (χ3v) is 2.67. The molecule has 5 heteroatoms. The topological polar surface area (TPSA) is 70.1 Å². The van der Waals surface area contributed by atoms with Gasteiger partial charge < -0.3 is 15.0 Å². The maximum atomic E-state index is 11.2. The average molecular weight is 195 g/mol. The molecule has 0 aromatic carbocycles. The van der Waals surface area contributed by atoms with Crippen molar-refractivity contribution in [2.45, 2.75) is 24.9 Å². The molecule has 0 fully saturated rings. The summed E-state index contributed by atoms with van der Waals surface area (Å²) in [5.41, 5.74) is 5.78. The zero-order valence-electron chi connectivity index (χ0n) is 8.01. The molecule has 76 valence electrons. The standard InChI is InChI=1S/C9H13N3O2/c1-14-9(13)7(10)6-2-4-12-5-3-11-8(6)12/h3,5-7H,2,4,10H2,1H3. The molecule has 14 heavy (non-hydrogen) atoms. The summed E-state index contributed by atoms with van der Waals surface area (Å²) in [6, 6.07) is -0.594. The monoisotopic (exact) mass is 195 g/mol. The first-order chi connectivity index (χ1) is 6.74. The minimum Gasteiger partial charge on any atom is -0.468 e. The molecule has 0 saturated heterocycles. The number of rotatable bonds is 2. The van der Waals surface area contributed by atoms with Crippen molar-refractivity contribution in [3.05, 3.63) is 18.2 Å². The zero-order chi connectivity index (χ0) is 10.1. The number of hydrogen-bond donors (Lipinski definition) is 1. The Kier molecular flexibility index (Phi) is 2.25. The molecule has 0 radical (unpaired) electrons. The zero-order valence-corrected chi connectivity index (χ0v) is 8.01. The highest BCUT2D eigenvalue weighted by molar-refractivity contribution is 5.76. The molecule has 5 nitrogen and oxygen atoms in total. The predicted molar refractivity (Wildman–Crippen MR) is 49.6 cm³/mol. The van der Waals surface area contributed by atoms with Crippen molar-refractivity contribution in [3.8, 4) is 0 Å². The van der Waals surface area contributed by atoms with Gasteiger partial charge in [-0.3, -0.25) is 4.79 Å². The minimum absolute atomic E-state index is 0.00236. The highest BCUT2D eigenvalue weighted by Gasteiger charge is 2.33. The van der Waals surface area contributed by atoms with Gasteiger partial charge in [0, 0.05) is 24.9 Å². The van der Waals surface area contributed by atoms with Gasteiger partial charge in [0.15, 0.2) is 0 Å². The van der Waals surface area contributed by atoms with E-state index >= 15 is 0 Å². The molecular formula is C9H13N3O2. The first-order valence-corrected chi connectivity index (χ1v) is 4.58. The van der Waals surface area contributed by atoms with Crippen molar-refractivity contribution in [1.29, 1.82) is 0 Å². The molecule has 2 unspecified atom stereocenters. The Morgan fingerprint density at radius 2 is 2.64 bits per heavy atom. The summed E-state index contributed by atoms with van der Waals surface area (Å²) >= 11 is 0. The van der Waals surface area contributed by atoms with E-state index < -0.39 is 6.04 Å². The Bertz CT molecular complexity index is 348. The van der Waals surface area contributed by atoms with Gasteiger partial charge in [0.2, 0.25) is 0 Å². The SMILES string of the molecule is COC(=O)C(N)C1CCn2ccnc21. The van der Waals surface area contributed by atoms with Gasteiger partial charge in [0.1, 0.15) is 11.9 Å². The number of carbonyl (C=O) groups is 1. The molecule has 0 bridgehead atoms. The number of aryl methyl sites for hydroxylation is 1. The van der Waals surface area contributed by atoms with Gasteiger partial charge in [-0.15, -0.1) is 0 Å². The van der Waals surface area contributed by atoms with Crippen LogP contribution in [0.4, 0.5) is 0 Å². The fourth-order valence-electron chi connectivity index (χ4n) is 1.89. The van der Waals surface area contributed by atoms with Crippen LogP contribution in [0.3, 0.4) is 0 Å². The highest BCUT2D eigenvalue weighted by atomic mass is 16.5. The van der Waals surface area contributed by atoms with Crippen LogP contribution in [0.5, 0.6) is 0 Å². The number of esters is 1. The van der Waals surface area contributed by atoms with E-state index in [4.69, 9.17) is 5.73 Å². The molecule has 2 atom stereocenters. The smallest absolute Gasteiger partial charge is 0.323 e. The summed E-state index contributed by atoms with van der Waals surface area (Å²) < 4.78 is 6.64. The van der Waals surface area contributed by atoms with Gasteiger partial charge in [0.25, 0.3) is 0 Å². The highest BCUT2D eigenvalue weighted by Crippen LogP contribution is 2.28. The van der Waals surface area contributed by atoms with Crippen LogP contribution in [0.2, 0.25) is 0 Å². The quantitative estimate of drug-likeness (QED) is 0.667. The summed E-state index contributed by atoms with van der Waals surface area (Å²) in [5.74, 6) is 0.520. The number of fused-ring (bicyclic) bond motifs is 1. The van der Waals surface area contributed by atoms with Crippen LogP contribution in [-0.4, -0.2) is 28.7 Å². The second kappa shape index (κ2) is 3.42. The van der Waals surface area contributed by atoms with Gasteiger partial charge in [-0.25, -0.2) is 4.98 Å². The van der Waals surface area contributed by atoms with E-state index in [1.807, 2.05) is 10.8 Å². The Labute approximate surface area is 81.9 Å². The van der Waals surface area contributed by atoms with Crippen molar-refractivity contribution in [2.75, 3.05) is 7.11 Å². The number of nitrogens with two attached hydrogens (primary N) is 1. The van der Waals surface area contributed by atoms with Crippen molar-refractivity contribution < 1.29 is 9.53 Å². The Morgan fingerprint density at radius 1 is 1.86 bits per heavy atom. The van der Waals surface area contributed by atoms with Crippen LogP contribution >= 0.6 is 0 Å². The van der Waals surface area contributed by atoms with E-state index in [1.165, 1.54) is 7.11 Å². The van der Waals surface area contributed by atoms with Gasteiger partial charge >= 0.3 is 5.97 Å². The lowest BCUT2D eigenvalue weighted by Crippen LogP contribution is -2.37. The molecule has 0 amide bonds. The maximum Gasteiger partial charge on any atom is 0.323 e. The largest absolute Gasteiger partial charge is 0.468 e. The number of carbonyl (C=O) groups excluding carboxylic acids is 1. The Hall–Kier alpha value is -1.36. The number of nitrogens with zero attached hydrogens (tertiary/aromatic N) is 2. The molecule has 2 N–H and O–H groups in total. The molecule has 2 heterocycles. The first-order valence-electron chi connectivity index (χ1n) is 4.58. The van der Waals surface area contributed by atoms with Crippen LogP contribution in [0.25, 0.3) is 0 Å². The molecule has 1 aliphatic rings. The van der Waals surface area contributed by atoms with E-state index in [0.717, 1.165) is 18.8 Å². The number of ether oxygens (including phenoxy) is 1. The summed E-state index contributed by atoms with van der Waals surface area (Å²) in [6.07, 6.45) is 4.49. The minimum atomic E-state index is -0.594. The third kappa shape index (κ3) is 1.29. The lowest BCUT2D eigenvalue weighted by atomic mass is 9.99. The van der Waals surface area contributed by atoms with Crippen molar-refractivity contribution >= 4 is 5.97 Å². The lowest BCUT2D eigenvalue weighted by molar-refractivity contribution is -0.142. The van der Waals surface area contributed by atoms with Gasteiger partial charge in [-0.05, 0) is 6.42 Å². The second-order valence-corrected chi connectivity index (χ2v) is 3.42. The van der Waals surface area contributed by atoms with E-state index in [9.17, 15) is 4.79 Å². The molecule has 0 spiro atoms. The van der Waals surface area contributed by atoms with E-state index in [1.54, 1.807) is 6.20 Å². The summed E-state index contributed by atoms with van der Waals surface area (Å²) in [7, 11) is 1.35. The molecule has 1 aromatic heterocycles. The molecule has 1 aromatic rings. The predicted octanol–water partition coefficient (Wildman–Crippen LogP) is -0.129. The lowest BCUT2D eigenvalue weighted by Gasteiger charge is -2.14. The summed E-state index contributed by atoms with van der Waals surface area (Å²) in [4.78, 5) is 15.4. The molecular weight excluding hydrogens is 182 g/mol. The van der Waals surface area contributed by atoms with Crippen LogP contribution in [0, 0.1) is 0 Å². The normalized spacial score (nSPS) is 21.7. The number of aromatic nitrogens is 2. The van der Waals surface area contributed by atoms with Crippen molar-refractivity contribution in [1.82, 2.24) is 9.55 Å². The second-order valence-electron chi connectivity index (χ2n) is 3.42. The summed E-state index contributed by atoms with van der Waals surface area (Å²) in [5, 5.41) is 0. The number of methoxy groups -OCH3 is 1. The average Bonchev–Trinajstić information content (AvgIpc) is 2.76. The van der Waals surface area contributed by atoms with Crippen LogP contribution in [-0.2, 0) is 16.1 Å². The molecule has 1 aliphatic heterocycles. The van der Waals surface area contributed by atoms with Crippen molar-refractivity contribution in [3.63, 3.8) is 0 Å². The van der Waals surface area contributed by atoms with Crippen LogP contribution in [0.15, 0.2) is 12.4 Å². The number of imidazole rings is 1. The van der Waals surface area contributed by atoms with Crippen LogP contribution in [0.1, 0.15) is 18.2 Å². The maximum absolute atomic E-state index is 11.2. The Balaban J connectivity index is 2.18. The van der Waals surface area contributed by atoms with Gasteiger partial charge in [-0.1, -0.05) is 0 Å². The number of hydrogen-bond acceptors (Lipinski definition) is 4. The van der Waals surface area contributed by atoms with E-state index in [0.29, 0.717) is 0 Å². The fraction of sp³-hybridized carbons (Fsp3) is 0.556. The Morgan fingerprint density at radius 3 is 3.36 bits per heavy atom. The molecule has 0 saturated carbocycles. The fourth-order valence-corrected chi connectivity index (χ4v) is 1.89. The third-order valence-electron chi connectivity index (χ3n) is 2.67. The summed E-state index contributed by atoms with van der Waals surface area (Å²) in [6.45, 7) is 0.880. The molecule has 0 aliphatic carbocycles. The van der Waals surface area contributed by atoms with E-state index in [-0.39, 0.29) is 11.9 Å².